The van der Waals surface area contributed by atoms with Crippen molar-refractivity contribution >= 4 is 12.1 Å². The Labute approximate surface area is 165 Å². The molecule has 0 unspecified atom stereocenters. The molecule has 7 heteroatoms. The van der Waals surface area contributed by atoms with Crippen molar-refractivity contribution in [3.63, 3.8) is 0 Å². The van der Waals surface area contributed by atoms with E-state index in [1.165, 1.54) is 0 Å². The minimum Gasteiger partial charge on any atom is -0.462 e. The van der Waals surface area contributed by atoms with Crippen LogP contribution in [0.5, 0.6) is 0 Å². The van der Waals surface area contributed by atoms with Crippen LogP contribution in [0, 0.1) is 0 Å². The number of hydrogen-bond donors (Lipinski definition) is 0. The first-order valence-corrected chi connectivity index (χ1v) is 9.94. The van der Waals surface area contributed by atoms with Crippen molar-refractivity contribution < 1.29 is 23.8 Å². The lowest BCUT2D eigenvalue weighted by Crippen LogP contribution is -2.60. The van der Waals surface area contributed by atoms with Gasteiger partial charge in [0.05, 0.1) is 30.9 Å². The number of esters is 1. The van der Waals surface area contributed by atoms with Gasteiger partial charge >= 0.3 is 12.1 Å². The molecule has 0 radical (unpaired) electrons. The summed E-state index contributed by atoms with van der Waals surface area (Å²) in [4.78, 5) is 28.3. The largest absolute Gasteiger partial charge is 0.462 e. The fraction of sp³-hybridized carbons (Fsp3) is 0.619. The number of carbonyl (C=O) groups is 2. The molecule has 0 N–H and O–H groups in total. The van der Waals surface area contributed by atoms with Crippen molar-refractivity contribution in [2.24, 2.45) is 0 Å². The Hall–Kier alpha value is -2.12. The van der Waals surface area contributed by atoms with Crippen LogP contribution in [0.4, 0.5) is 4.79 Å². The summed E-state index contributed by atoms with van der Waals surface area (Å²) < 4.78 is 16.7. The van der Waals surface area contributed by atoms with Gasteiger partial charge < -0.3 is 19.1 Å². The average Bonchev–Trinajstić information content (AvgIpc) is 2.66. The molecule has 0 saturated carbocycles. The van der Waals surface area contributed by atoms with E-state index in [0.29, 0.717) is 31.9 Å². The van der Waals surface area contributed by atoms with E-state index in [2.05, 4.69) is 11.0 Å². The highest BCUT2D eigenvalue weighted by Gasteiger charge is 2.37. The maximum atomic E-state index is 12.3. The minimum atomic E-state index is -0.485. The molecule has 2 saturated heterocycles. The van der Waals surface area contributed by atoms with Gasteiger partial charge in [-0.1, -0.05) is 12.1 Å². The summed E-state index contributed by atoms with van der Waals surface area (Å²) in [6.07, 6.45) is 0.474. The van der Waals surface area contributed by atoms with Crippen LogP contribution in [0.1, 0.15) is 48.4 Å². The lowest BCUT2D eigenvalue weighted by atomic mass is 9.96. The first kappa shape index (κ1) is 19.2. The molecule has 2 fully saturated rings. The lowest BCUT2D eigenvalue weighted by molar-refractivity contribution is -0.0906. The number of carbonyl (C=O) groups excluding carboxylic acids is 2. The predicted molar refractivity (Wildman–Crippen MR) is 102 cm³/mol. The third-order valence-corrected chi connectivity index (χ3v) is 5.47. The topological polar surface area (TPSA) is 68.3 Å². The third kappa shape index (κ3) is 4.00. The molecule has 152 valence electrons. The monoisotopic (exact) mass is 388 g/mol. The quantitative estimate of drug-likeness (QED) is 0.688. The van der Waals surface area contributed by atoms with E-state index in [4.69, 9.17) is 14.2 Å². The highest BCUT2D eigenvalue weighted by Crippen LogP contribution is 2.29. The molecule has 2 atom stereocenters. The Kier molecular flexibility index (Phi) is 5.05. The average molecular weight is 388 g/mol. The molecule has 0 bridgehead atoms. The number of amides is 1. The number of cyclic esters (lactones) is 1. The molecule has 0 aromatic heterocycles. The molecule has 1 aromatic rings. The van der Waals surface area contributed by atoms with E-state index >= 15 is 0 Å². The highest BCUT2D eigenvalue weighted by atomic mass is 16.6. The number of fused-ring (bicyclic) bond motifs is 2. The summed E-state index contributed by atoms with van der Waals surface area (Å²) >= 11 is 0. The zero-order valence-corrected chi connectivity index (χ0v) is 16.8. The highest BCUT2D eigenvalue weighted by molar-refractivity contribution is 5.92. The Morgan fingerprint density at radius 2 is 2.04 bits per heavy atom. The molecular formula is C21H28N2O5. The van der Waals surface area contributed by atoms with Crippen LogP contribution in [0.25, 0.3) is 0 Å². The molecule has 3 aliphatic heterocycles. The van der Waals surface area contributed by atoms with Crippen LogP contribution in [0.15, 0.2) is 18.2 Å². The molecule has 3 aliphatic rings. The third-order valence-electron chi connectivity index (χ3n) is 5.47. The van der Waals surface area contributed by atoms with E-state index in [9.17, 15) is 9.59 Å². The summed E-state index contributed by atoms with van der Waals surface area (Å²) in [5.74, 6) is -0.240. The number of hydrogen-bond acceptors (Lipinski definition) is 6. The molecule has 1 amide bonds. The number of nitrogens with zero attached hydrogens (tertiary/aromatic N) is 2. The Bertz CT molecular complexity index is 773. The Morgan fingerprint density at radius 3 is 2.82 bits per heavy atom. The normalized spacial score (nSPS) is 25.5. The van der Waals surface area contributed by atoms with Crippen molar-refractivity contribution in [3.05, 3.63) is 34.9 Å². The number of ether oxygens (including phenoxy) is 3. The van der Waals surface area contributed by atoms with Gasteiger partial charge in [-0.05, 0) is 38.0 Å². The van der Waals surface area contributed by atoms with Crippen molar-refractivity contribution in [1.82, 2.24) is 9.80 Å². The van der Waals surface area contributed by atoms with E-state index in [-0.39, 0.29) is 24.2 Å². The summed E-state index contributed by atoms with van der Waals surface area (Å²) in [7, 11) is 0. The SMILES string of the molecule is CC(C)(C)OC(=O)N1CCN2C[C@@H](c3ccc4c(c3)CCOC4=O)OC[C@@H]2C1. The first-order chi connectivity index (χ1) is 13.3. The molecule has 1 aromatic carbocycles. The van der Waals surface area contributed by atoms with E-state index in [1.54, 1.807) is 4.90 Å². The lowest BCUT2D eigenvalue weighted by Gasteiger charge is -2.46. The number of rotatable bonds is 1. The van der Waals surface area contributed by atoms with Crippen LogP contribution < -0.4 is 0 Å². The fourth-order valence-electron chi connectivity index (χ4n) is 4.03. The van der Waals surface area contributed by atoms with Gasteiger partial charge in [0.1, 0.15) is 5.60 Å². The zero-order chi connectivity index (χ0) is 19.9. The molecule has 3 heterocycles. The smallest absolute Gasteiger partial charge is 0.410 e. The summed E-state index contributed by atoms with van der Waals surface area (Å²) in [5, 5.41) is 0. The second kappa shape index (κ2) is 7.37. The fourth-order valence-corrected chi connectivity index (χ4v) is 4.03. The predicted octanol–water partition coefficient (Wildman–Crippen LogP) is 2.39. The van der Waals surface area contributed by atoms with Crippen LogP contribution in [0.3, 0.4) is 0 Å². The maximum Gasteiger partial charge on any atom is 0.410 e. The number of morpholine rings is 1. The van der Waals surface area contributed by atoms with Gasteiger partial charge in [-0.3, -0.25) is 4.90 Å². The minimum absolute atomic E-state index is 0.0208. The number of piperazine rings is 1. The summed E-state index contributed by atoms with van der Waals surface area (Å²) in [5.41, 5.74) is 2.31. The molecule has 0 aliphatic carbocycles. The number of benzene rings is 1. The van der Waals surface area contributed by atoms with Crippen LogP contribution >= 0.6 is 0 Å². The molecule has 7 nitrogen and oxygen atoms in total. The second-order valence-electron chi connectivity index (χ2n) is 8.70. The summed E-state index contributed by atoms with van der Waals surface area (Å²) in [6.45, 7) is 9.54. The van der Waals surface area contributed by atoms with E-state index in [1.807, 2.05) is 32.9 Å². The van der Waals surface area contributed by atoms with Crippen LogP contribution in [0.2, 0.25) is 0 Å². The van der Waals surface area contributed by atoms with Crippen molar-refractivity contribution in [3.8, 4) is 0 Å². The Balaban J connectivity index is 1.39. The van der Waals surface area contributed by atoms with Crippen molar-refractivity contribution in [1.29, 1.82) is 0 Å². The standard InChI is InChI=1S/C21H28N2O5/c1-21(2,3)28-20(25)23-8-7-22-12-18(27-13-16(22)11-23)15-4-5-17-14(10-15)6-9-26-19(17)24/h4-5,10,16,18H,6-9,11-13H2,1-3H3/t16-,18-/m0/s1. The molecule has 0 spiro atoms. The van der Waals surface area contributed by atoms with Gasteiger partial charge in [0, 0.05) is 32.6 Å². The van der Waals surface area contributed by atoms with Gasteiger partial charge in [0.15, 0.2) is 0 Å². The summed E-state index contributed by atoms with van der Waals surface area (Å²) in [6, 6.07) is 6.08. The Morgan fingerprint density at radius 1 is 1.21 bits per heavy atom. The molecule has 28 heavy (non-hydrogen) atoms. The van der Waals surface area contributed by atoms with Gasteiger partial charge in [0.25, 0.3) is 0 Å². The van der Waals surface area contributed by atoms with Crippen molar-refractivity contribution in [2.45, 2.75) is 44.9 Å². The van der Waals surface area contributed by atoms with E-state index in [0.717, 1.165) is 30.6 Å². The van der Waals surface area contributed by atoms with Gasteiger partial charge in [-0.25, -0.2) is 9.59 Å². The van der Waals surface area contributed by atoms with Crippen molar-refractivity contribution in [2.75, 3.05) is 39.4 Å². The second-order valence-corrected chi connectivity index (χ2v) is 8.70. The maximum absolute atomic E-state index is 12.3. The molecule has 4 rings (SSSR count). The van der Waals surface area contributed by atoms with E-state index < -0.39 is 5.60 Å². The van der Waals surface area contributed by atoms with Gasteiger partial charge in [0.2, 0.25) is 0 Å². The van der Waals surface area contributed by atoms with Crippen LogP contribution in [-0.2, 0) is 20.6 Å². The van der Waals surface area contributed by atoms with Gasteiger partial charge in [-0.15, -0.1) is 0 Å². The van der Waals surface area contributed by atoms with Gasteiger partial charge in [-0.2, -0.15) is 0 Å². The zero-order valence-electron chi connectivity index (χ0n) is 16.8. The first-order valence-electron chi connectivity index (χ1n) is 9.94. The van der Waals surface area contributed by atoms with Crippen LogP contribution in [-0.4, -0.2) is 72.9 Å². The molecular weight excluding hydrogens is 360 g/mol.